The SMILES string of the molecule is CCOc1cc(C(=O)N/N=C/c2ccc(OCC(=O)Nc3ccc(C)cc3)c(Cl)c2)ccc1OCc1ccccc1. The average Bonchev–Trinajstić information content (AvgIpc) is 2.98. The van der Waals surface area contributed by atoms with Crippen LogP contribution in [0.3, 0.4) is 0 Å². The van der Waals surface area contributed by atoms with Crippen molar-refractivity contribution >= 4 is 35.3 Å². The number of nitrogens with zero attached hydrogens (tertiary/aromatic N) is 1. The zero-order valence-corrected chi connectivity index (χ0v) is 23.5. The lowest BCUT2D eigenvalue weighted by Crippen LogP contribution is -2.20. The van der Waals surface area contributed by atoms with E-state index in [-0.39, 0.29) is 12.5 Å². The highest BCUT2D eigenvalue weighted by molar-refractivity contribution is 6.32. The molecule has 4 aromatic rings. The number of nitrogens with one attached hydrogen (secondary N) is 2. The van der Waals surface area contributed by atoms with E-state index < -0.39 is 5.91 Å². The average molecular weight is 572 g/mol. The zero-order chi connectivity index (χ0) is 29.0. The molecule has 8 nitrogen and oxygen atoms in total. The molecular formula is C32H30ClN3O5. The summed E-state index contributed by atoms with van der Waals surface area (Å²) in [5.41, 5.74) is 6.31. The molecule has 4 aromatic carbocycles. The summed E-state index contributed by atoms with van der Waals surface area (Å²) < 4.78 is 17.1. The topological polar surface area (TPSA) is 98.3 Å². The van der Waals surface area contributed by atoms with Gasteiger partial charge in [0, 0.05) is 11.3 Å². The summed E-state index contributed by atoms with van der Waals surface area (Å²) in [5, 5.41) is 7.10. The van der Waals surface area contributed by atoms with Crippen LogP contribution in [0.1, 0.15) is 34.0 Å². The summed E-state index contributed by atoms with van der Waals surface area (Å²) in [6, 6.07) is 27.2. The summed E-state index contributed by atoms with van der Waals surface area (Å²) in [6.45, 7) is 4.43. The van der Waals surface area contributed by atoms with E-state index in [4.69, 9.17) is 25.8 Å². The van der Waals surface area contributed by atoms with Crippen LogP contribution < -0.4 is 25.0 Å². The lowest BCUT2D eigenvalue weighted by molar-refractivity contribution is -0.118. The number of hydrogen-bond acceptors (Lipinski definition) is 6. The third-order valence-electron chi connectivity index (χ3n) is 5.77. The van der Waals surface area contributed by atoms with Crippen molar-refractivity contribution in [1.29, 1.82) is 0 Å². The standard InChI is InChI=1S/C32H30ClN3O5/c1-3-39-30-18-25(12-16-29(30)40-20-23-7-5-4-6-8-23)32(38)36-34-19-24-11-15-28(27(33)17-24)41-21-31(37)35-26-13-9-22(2)10-14-26/h4-19H,3,20-21H2,1-2H3,(H,35,37)(H,36,38)/b34-19+. The normalized spacial score (nSPS) is 10.7. The molecule has 0 heterocycles. The highest BCUT2D eigenvalue weighted by Gasteiger charge is 2.12. The molecule has 2 N–H and O–H groups in total. The number of carbonyl (C=O) groups excluding carboxylic acids is 2. The first kappa shape index (κ1) is 29.2. The number of aryl methyl sites for hydroxylation is 1. The van der Waals surface area contributed by atoms with Gasteiger partial charge in [-0.25, -0.2) is 5.43 Å². The van der Waals surface area contributed by atoms with Crippen LogP contribution in [0.5, 0.6) is 17.2 Å². The van der Waals surface area contributed by atoms with Crippen LogP contribution in [-0.4, -0.2) is 31.2 Å². The van der Waals surface area contributed by atoms with E-state index in [0.717, 1.165) is 11.1 Å². The third-order valence-corrected chi connectivity index (χ3v) is 6.07. The Morgan fingerprint density at radius 2 is 1.61 bits per heavy atom. The maximum absolute atomic E-state index is 12.7. The molecule has 0 spiro atoms. The van der Waals surface area contributed by atoms with Crippen molar-refractivity contribution in [3.05, 3.63) is 118 Å². The Balaban J connectivity index is 1.30. The quantitative estimate of drug-likeness (QED) is 0.151. The number of ether oxygens (including phenoxy) is 3. The molecule has 4 rings (SSSR count). The summed E-state index contributed by atoms with van der Waals surface area (Å²) in [4.78, 5) is 24.9. The third kappa shape index (κ3) is 8.84. The minimum absolute atomic E-state index is 0.198. The van der Waals surface area contributed by atoms with E-state index in [1.54, 1.807) is 36.4 Å². The Bertz CT molecular complexity index is 1510. The zero-order valence-electron chi connectivity index (χ0n) is 22.7. The Labute approximate surface area is 243 Å². The van der Waals surface area contributed by atoms with Crippen LogP contribution in [0.4, 0.5) is 5.69 Å². The van der Waals surface area contributed by atoms with Crippen LogP contribution in [0.25, 0.3) is 0 Å². The molecule has 210 valence electrons. The van der Waals surface area contributed by atoms with E-state index in [1.165, 1.54) is 6.21 Å². The summed E-state index contributed by atoms with van der Waals surface area (Å²) in [7, 11) is 0. The summed E-state index contributed by atoms with van der Waals surface area (Å²) >= 11 is 6.32. The van der Waals surface area contributed by atoms with Crippen LogP contribution in [-0.2, 0) is 11.4 Å². The maximum atomic E-state index is 12.7. The fourth-order valence-electron chi connectivity index (χ4n) is 3.69. The van der Waals surface area contributed by atoms with Crippen molar-refractivity contribution in [2.45, 2.75) is 20.5 Å². The molecule has 0 aliphatic rings. The molecule has 0 atom stereocenters. The number of benzene rings is 4. The smallest absolute Gasteiger partial charge is 0.271 e. The van der Waals surface area contributed by atoms with Gasteiger partial charge in [0.15, 0.2) is 18.1 Å². The van der Waals surface area contributed by atoms with Crippen LogP contribution in [0.2, 0.25) is 5.02 Å². The predicted molar refractivity (Wildman–Crippen MR) is 160 cm³/mol. The number of hydrogen-bond donors (Lipinski definition) is 2. The van der Waals surface area contributed by atoms with Gasteiger partial charge in [-0.1, -0.05) is 59.6 Å². The number of halogens is 1. The number of hydrazone groups is 1. The second kappa shape index (κ2) is 14.5. The van der Waals surface area contributed by atoms with E-state index in [1.807, 2.05) is 68.4 Å². The molecule has 41 heavy (non-hydrogen) atoms. The number of anilines is 1. The molecule has 0 aliphatic carbocycles. The Morgan fingerprint density at radius 3 is 2.34 bits per heavy atom. The summed E-state index contributed by atoms with van der Waals surface area (Å²) in [5.74, 6) is 0.643. The lowest BCUT2D eigenvalue weighted by atomic mass is 10.2. The van der Waals surface area contributed by atoms with Crippen molar-refractivity contribution in [3.63, 3.8) is 0 Å². The Hall–Kier alpha value is -4.82. The minimum Gasteiger partial charge on any atom is -0.490 e. The summed E-state index contributed by atoms with van der Waals surface area (Å²) in [6.07, 6.45) is 1.46. The molecule has 0 aromatic heterocycles. The largest absolute Gasteiger partial charge is 0.490 e. The van der Waals surface area contributed by atoms with Gasteiger partial charge in [0.25, 0.3) is 11.8 Å². The Kier molecular flexibility index (Phi) is 10.3. The van der Waals surface area contributed by atoms with Gasteiger partial charge in [0.1, 0.15) is 12.4 Å². The molecule has 0 saturated carbocycles. The molecule has 0 fully saturated rings. The number of amides is 2. The van der Waals surface area contributed by atoms with Gasteiger partial charge in [-0.3, -0.25) is 9.59 Å². The second-order valence-corrected chi connectivity index (χ2v) is 9.37. The van der Waals surface area contributed by atoms with E-state index in [9.17, 15) is 9.59 Å². The molecule has 0 bridgehead atoms. The van der Waals surface area contributed by atoms with E-state index in [0.29, 0.717) is 52.3 Å². The highest BCUT2D eigenvalue weighted by Crippen LogP contribution is 2.29. The van der Waals surface area contributed by atoms with Gasteiger partial charge in [-0.05, 0) is 73.5 Å². The van der Waals surface area contributed by atoms with Crippen molar-refractivity contribution in [3.8, 4) is 17.2 Å². The van der Waals surface area contributed by atoms with Gasteiger partial charge < -0.3 is 19.5 Å². The monoisotopic (exact) mass is 571 g/mol. The second-order valence-electron chi connectivity index (χ2n) is 8.96. The first-order chi connectivity index (χ1) is 19.9. The molecule has 0 radical (unpaired) electrons. The number of rotatable bonds is 12. The van der Waals surface area contributed by atoms with Gasteiger partial charge in [0.05, 0.1) is 17.8 Å². The fraction of sp³-hybridized carbons (Fsp3) is 0.156. The maximum Gasteiger partial charge on any atom is 0.271 e. The molecule has 9 heteroatoms. The van der Waals surface area contributed by atoms with Crippen molar-refractivity contribution in [2.75, 3.05) is 18.5 Å². The molecule has 2 amide bonds. The van der Waals surface area contributed by atoms with Crippen molar-refractivity contribution in [1.82, 2.24) is 5.43 Å². The van der Waals surface area contributed by atoms with Gasteiger partial charge in [-0.2, -0.15) is 5.10 Å². The van der Waals surface area contributed by atoms with Gasteiger partial charge in [0.2, 0.25) is 0 Å². The molecular weight excluding hydrogens is 542 g/mol. The fourth-order valence-corrected chi connectivity index (χ4v) is 3.94. The van der Waals surface area contributed by atoms with Gasteiger partial charge >= 0.3 is 0 Å². The van der Waals surface area contributed by atoms with Crippen LogP contribution >= 0.6 is 11.6 Å². The van der Waals surface area contributed by atoms with E-state index in [2.05, 4.69) is 15.8 Å². The molecule has 0 saturated heterocycles. The lowest BCUT2D eigenvalue weighted by Gasteiger charge is -2.13. The first-order valence-electron chi connectivity index (χ1n) is 13.0. The van der Waals surface area contributed by atoms with Gasteiger partial charge in [-0.15, -0.1) is 0 Å². The first-order valence-corrected chi connectivity index (χ1v) is 13.3. The predicted octanol–water partition coefficient (Wildman–Crippen LogP) is 6.41. The molecule has 0 unspecified atom stereocenters. The van der Waals surface area contributed by atoms with Crippen molar-refractivity contribution in [2.24, 2.45) is 5.10 Å². The van der Waals surface area contributed by atoms with Crippen molar-refractivity contribution < 1.29 is 23.8 Å². The molecule has 0 aliphatic heterocycles. The highest BCUT2D eigenvalue weighted by atomic mass is 35.5. The van der Waals surface area contributed by atoms with Crippen LogP contribution in [0.15, 0.2) is 96.1 Å². The Morgan fingerprint density at radius 1 is 0.854 bits per heavy atom. The van der Waals surface area contributed by atoms with E-state index >= 15 is 0 Å². The van der Waals surface area contributed by atoms with Crippen LogP contribution in [0, 0.1) is 6.92 Å². The minimum atomic E-state index is -0.414. The number of carbonyl (C=O) groups is 2.